The molecule has 0 bridgehead atoms. The zero-order valence-corrected chi connectivity index (χ0v) is 24.4. The molecule has 1 saturated carbocycles. The Balaban J connectivity index is 0.000000322. The van der Waals surface area contributed by atoms with Crippen LogP contribution in [-0.4, -0.2) is 34.4 Å². The molecule has 0 atom stereocenters. The van der Waals surface area contributed by atoms with Crippen molar-refractivity contribution >= 4 is 23.1 Å². The second-order valence-electron chi connectivity index (χ2n) is 9.41. The molecule has 1 aliphatic rings. The molecular weight excluding hydrogens is 548 g/mol. The van der Waals surface area contributed by atoms with Crippen molar-refractivity contribution in [3.8, 4) is 6.07 Å². The quantitative estimate of drug-likeness (QED) is 0.265. The molecule has 0 aliphatic heterocycles. The number of carbonyl (C=O) groups is 1. The first-order chi connectivity index (χ1) is 19.6. The van der Waals surface area contributed by atoms with Gasteiger partial charge in [-0.05, 0) is 86.1 Å². The predicted molar refractivity (Wildman–Crippen MR) is 158 cm³/mol. The van der Waals surface area contributed by atoms with Crippen LogP contribution in [0.1, 0.15) is 59.2 Å². The van der Waals surface area contributed by atoms with Gasteiger partial charge in [0.15, 0.2) is 0 Å². The van der Waals surface area contributed by atoms with Crippen LogP contribution in [0.15, 0.2) is 66.0 Å². The number of nitrogens with zero attached hydrogens (tertiary/aromatic N) is 4. The average Bonchev–Trinajstić information content (AvgIpc) is 3.80. The first-order valence-electron chi connectivity index (χ1n) is 13.0. The van der Waals surface area contributed by atoms with Gasteiger partial charge in [-0.1, -0.05) is 25.1 Å². The number of nitriles is 1. The standard InChI is InChI=1S/C20H24N4O2.C10H8ClN.CH2F2/c1-6-18-15(4)20(26)24(12-23-18)11-14(3)8-17(19(25)21-5)16-7-13(2)9-22-10-16;11-10-4-7(6-12)3-9(5-10)8-1-2-8;2-1-3/h7-10,12H,3,6,11H2,1-2,4-5H3,(H,21,25);3-5,8H,1-2H2;1H2/b17-8-;;. The summed E-state index contributed by atoms with van der Waals surface area (Å²) >= 11 is 5.85. The third-order valence-corrected chi connectivity index (χ3v) is 6.40. The smallest absolute Gasteiger partial charge is 0.256 e. The van der Waals surface area contributed by atoms with Gasteiger partial charge in [0.1, 0.15) is 0 Å². The van der Waals surface area contributed by atoms with E-state index in [2.05, 4.69) is 27.9 Å². The number of carbonyl (C=O) groups excluding carboxylic acids is 1. The summed E-state index contributed by atoms with van der Waals surface area (Å²) in [5.74, 6) is 0.428. The molecule has 3 aromatic rings. The van der Waals surface area contributed by atoms with E-state index in [-0.39, 0.29) is 18.0 Å². The van der Waals surface area contributed by atoms with E-state index in [1.165, 1.54) is 29.3 Å². The Morgan fingerprint density at radius 2 is 1.93 bits per heavy atom. The van der Waals surface area contributed by atoms with Gasteiger partial charge in [0.05, 0.1) is 30.2 Å². The Kier molecular flexibility index (Phi) is 13.0. The van der Waals surface area contributed by atoms with Gasteiger partial charge < -0.3 is 5.32 Å². The minimum atomic E-state index is -1.75. The van der Waals surface area contributed by atoms with Gasteiger partial charge in [-0.3, -0.25) is 19.1 Å². The summed E-state index contributed by atoms with van der Waals surface area (Å²) < 4.78 is 20.8. The third-order valence-electron chi connectivity index (χ3n) is 6.18. The number of likely N-dealkylation sites (N-methyl/N-ethyl adjacent to an activating group) is 1. The summed E-state index contributed by atoms with van der Waals surface area (Å²) in [4.78, 5) is 33.2. The number of rotatable bonds is 7. The lowest BCUT2D eigenvalue weighted by atomic mass is 10.0. The highest BCUT2D eigenvalue weighted by molar-refractivity contribution is 6.30. The zero-order valence-electron chi connectivity index (χ0n) is 23.7. The van der Waals surface area contributed by atoms with Gasteiger partial charge in [-0.2, -0.15) is 5.26 Å². The topological polar surface area (TPSA) is 101 Å². The number of halogens is 3. The highest BCUT2D eigenvalue weighted by Crippen LogP contribution is 2.41. The minimum absolute atomic E-state index is 0.0925. The molecular formula is C31H34ClF2N5O2. The van der Waals surface area contributed by atoms with E-state index in [0.29, 0.717) is 45.2 Å². The fourth-order valence-electron chi connectivity index (χ4n) is 4.01. The molecule has 4 rings (SSSR count). The van der Waals surface area contributed by atoms with Crippen molar-refractivity contribution in [2.24, 2.45) is 0 Å². The number of allylic oxidation sites excluding steroid dienone is 2. The minimum Gasteiger partial charge on any atom is -0.355 e. The lowest BCUT2D eigenvalue weighted by molar-refractivity contribution is -0.115. The van der Waals surface area contributed by atoms with Gasteiger partial charge in [-0.25, -0.2) is 13.8 Å². The number of pyridine rings is 1. The molecule has 0 radical (unpaired) electrons. The number of alkyl halides is 2. The number of nitrogens with one attached hydrogen (secondary N) is 1. The highest BCUT2D eigenvalue weighted by atomic mass is 35.5. The molecule has 2 heterocycles. The molecule has 0 spiro atoms. The van der Waals surface area contributed by atoms with Crippen LogP contribution < -0.4 is 10.9 Å². The molecule has 0 unspecified atom stereocenters. The van der Waals surface area contributed by atoms with Gasteiger partial charge >= 0.3 is 0 Å². The Labute approximate surface area is 244 Å². The largest absolute Gasteiger partial charge is 0.355 e. The van der Waals surface area contributed by atoms with Crippen LogP contribution in [0.25, 0.3) is 5.57 Å². The van der Waals surface area contributed by atoms with E-state index in [1.54, 1.807) is 38.5 Å². The summed E-state index contributed by atoms with van der Waals surface area (Å²) in [6.07, 6.45) is 9.77. The molecule has 1 aromatic carbocycles. The zero-order chi connectivity index (χ0) is 30.5. The number of amides is 1. The van der Waals surface area contributed by atoms with E-state index in [1.807, 2.05) is 32.0 Å². The molecule has 10 heteroatoms. The van der Waals surface area contributed by atoms with Crippen molar-refractivity contribution in [1.29, 1.82) is 5.26 Å². The van der Waals surface area contributed by atoms with E-state index in [9.17, 15) is 18.4 Å². The number of hydrogen-bond acceptors (Lipinski definition) is 5. The summed E-state index contributed by atoms with van der Waals surface area (Å²) in [5, 5.41) is 12.0. The lowest BCUT2D eigenvalue weighted by Gasteiger charge is -2.11. The Hall–Kier alpha value is -4.16. The Morgan fingerprint density at radius 3 is 2.49 bits per heavy atom. The van der Waals surface area contributed by atoms with E-state index >= 15 is 0 Å². The molecule has 1 N–H and O–H groups in total. The lowest BCUT2D eigenvalue weighted by Crippen LogP contribution is -2.25. The van der Waals surface area contributed by atoms with E-state index in [0.717, 1.165) is 11.3 Å². The van der Waals surface area contributed by atoms with Crippen LogP contribution in [-0.2, 0) is 17.8 Å². The van der Waals surface area contributed by atoms with Crippen molar-refractivity contribution in [2.75, 3.05) is 14.0 Å². The monoisotopic (exact) mass is 581 g/mol. The third kappa shape index (κ3) is 10.1. The van der Waals surface area contributed by atoms with Crippen molar-refractivity contribution in [2.45, 2.75) is 52.5 Å². The molecule has 0 saturated heterocycles. The van der Waals surface area contributed by atoms with Crippen LogP contribution >= 0.6 is 11.6 Å². The predicted octanol–water partition coefficient (Wildman–Crippen LogP) is 6.18. The molecule has 1 fully saturated rings. The summed E-state index contributed by atoms with van der Waals surface area (Å²) in [5.41, 5.74) is 5.97. The number of aromatic nitrogens is 3. The summed E-state index contributed by atoms with van der Waals surface area (Å²) in [6, 6.07) is 9.58. The first-order valence-corrected chi connectivity index (χ1v) is 13.4. The fraction of sp³-hybridized carbons (Fsp3) is 0.323. The van der Waals surface area contributed by atoms with Crippen molar-refractivity contribution < 1.29 is 13.6 Å². The number of hydrogen-bond donors (Lipinski definition) is 1. The van der Waals surface area contributed by atoms with Crippen LogP contribution in [0.3, 0.4) is 0 Å². The maximum absolute atomic E-state index is 12.4. The maximum atomic E-state index is 12.4. The maximum Gasteiger partial charge on any atom is 0.256 e. The summed E-state index contributed by atoms with van der Waals surface area (Å²) in [6.45, 7) is 8.17. The Morgan fingerprint density at radius 1 is 1.24 bits per heavy atom. The molecule has 2 aromatic heterocycles. The Bertz CT molecular complexity index is 1510. The normalized spacial score (nSPS) is 12.2. The highest BCUT2D eigenvalue weighted by Gasteiger charge is 2.24. The van der Waals surface area contributed by atoms with Crippen LogP contribution in [0, 0.1) is 25.2 Å². The van der Waals surface area contributed by atoms with Gasteiger partial charge in [0.2, 0.25) is 6.93 Å². The van der Waals surface area contributed by atoms with Crippen molar-refractivity contribution in [1.82, 2.24) is 19.9 Å². The average molecular weight is 582 g/mol. The first kappa shape index (κ1) is 33.0. The van der Waals surface area contributed by atoms with Gasteiger partial charge in [0, 0.05) is 41.2 Å². The molecule has 1 amide bonds. The van der Waals surface area contributed by atoms with E-state index < -0.39 is 6.93 Å². The van der Waals surface area contributed by atoms with E-state index in [4.69, 9.17) is 16.9 Å². The number of benzene rings is 1. The second kappa shape index (κ2) is 16.2. The second-order valence-corrected chi connectivity index (χ2v) is 9.85. The van der Waals surface area contributed by atoms with Crippen molar-refractivity contribution in [3.05, 3.63) is 110 Å². The molecule has 216 valence electrons. The van der Waals surface area contributed by atoms with Crippen LogP contribution in [0.5, 0.6) is 0 Å². The van der Waals surface area contributed by atoms with Gasteiger partial charge in [-0.15, -0.1) is 0 Å². The molecule has 7 nitrogen and oxygen atoms in total. The molecule has 41 heavy (non-hydrogen) atoms. The van der Waals surface area contributed by atoms with Crippen LogP contribution in [0.2, 0.25) is 5.02 Å². The summed E-state index contributed by atoms with van der Waals surface area (Å²) in [7, 11) is 1.57. The number of aryl methyl sites for hydroxylation is 2. The molecule has 1 aliphatic carbocycles. The SMILES string of the molecule is C=C(/C=C(\C(=O)NC)c1cncc(C)c1)Cn1cnc(CC)c(C)c1=O.FCF.N#Cc1cc(Cl)cc(C2CC2)c1. The fourth-order valence-corrected chi connectivity index (χ4v) is 4.25. The van der Waals surface area contributed by atoms with Gasteiger partial charge in [0.25, 0.3) is 11.5 Å². The van der Waals surface area contributed by atoms with Crippen LogP contribution in [0.4, 0.5) is 8.78 Å². The van der Waals surface area contributed by atoms with Crippen molar-refractivity contribution in [3.63, 3.8) is 0 Å².